The Balaban J connectivity index is 2.07. The minimum Gasteiger partial charge on any atom is -0.487 e. The van der Waals surface area contributed by atoms with Crippen molar-refractivity contribution >= 4 is 15.9 Å². The van der Waals surface area contributed by atoms with E-state index < -0.39 is 0 Å². The van der Waals surface area contributed by atoms with Crippen LogP contribution in [0.2, 0.25) is 0 Å². The maximum atomic E-state index is 13.0. The molecular formula is C11H10BrFN2O. The Kier molecular flexibility index (Phi) is 3.24. The van der Waals surface area contributed by atoms with Crippen molar-refractivity contribution in [2.75, 3.05) is 0 Å². The Morgan fingerprint density at radius 1 is 1.44 bits per heavy atom. The van der Waals surface area contributed by atoms with Crippen LogP contribution in [0.5, 0.6) is 5.75 Å². The molecule has 0 saturated heterocycles. The largest absolute Gasteiger partial charge is 0.487 e. The fourth-order valence-electron chi connectivity index (χ4n) is 1.29. The van der Waals surface area contributed by atoms with Crippen LogP contribution in [0.1, 0.15) is 5.69 Å². The summed E-state index contributed by atoms with van der Waals surface area (Å²) in [5.41, 5.74) is 0.931. The molecule has 0 unspecified atom stereocenters. The van der Waals surface area contributed by atoms with Gasteiger partial charge in [-0.15, -0.1) is 0 Å². The predicted octanol–water partition coefficient (Wildman–Crippen LogP) is 2.90. The van der Waals surface area contributed by atoms with Gasteiger partial charge in [0.15, 0.2) is 0 Å². The standard InChI is InChI=1S/C11H10BrFN2O/c1-15-7-14-5-10(15)6-16-11-3-8(12)2-9(13)4-11/h2-5,7H,6H2,1H3. The number of rotatable bonds is 3. The van der Waals surface area contributed by atoms with Gasteiger partial charge >= 0.3 is 0 Å². The van der Waals surface area contributed by atoms with Gasteiger partial charge in [0.25, 0.3) is 0 Å². The van der Waals surface area contributed by atoms with Gasteiger partial charge in [-0.3, -0.25) is 0 Å². The Labute approximate surface area is 101 Å². The highest BCUT2D eigenvalue weighted by Crippen LogP contribution is 2.21. The number of imidazole rings is 1. The van der Waals surface area contributed by atoms with E-state index in [4.69, 9.17) is 4.74 Å². The maximum absolute atomic E-state index is 13.0. The molecule has 5 heteroatoms. The quantitative estimate of drug-likeness (QED) is 0.867. The monoisotopic (exact) mass is 284 g/mol. The summed E-state index contributed by atoms with van der Waals surface area (Å²) in [6, 6.07) is 4.46. The highest BCUT2D eigenvalue weighted by molar-refractivity contribution is 9.10. The second kappa shape index (κ2) is 4.65. The van der Waals surface area contributed by atoms with Crippen LogP contribution >= 0.6 is 15.9 Å². The second-order valence-corrected chi connectivity index (χ2v) is 4.31. The van der Waals surface area contributed by atoms with E-state index in [9.17, 15) is 4.39 Å². The maximum Gasteiger partial charge on any atom is 0.130 e. The first-order valence-electron chi connectivity index (χ1n) is 4.69. The summed E-state index contributed by atoms with van der Waals surface area (Å²) in [6.45, 7) is 0.367. The first kappa shape index (κ1) is 11.1. The van der Waals surface area contributed by atoms with Crippen LogP contribution in [0.25, 0.3) is 0 Å². The molecule has 2 rings (SSSR count). The van der Waals surface area contributed by atoms with Crippen molar-refractivity contribution < 1.29 is 9.13 Å². The van der Waals surface area contributed by atoms with Crippen molar-refractivity contribution in [3.05, 3.63) is 46.7 Å². The molecule has 0 spiro atoms. The average molecular weight is 285 g/mol. The van der Waals surface area contributed by atoms with Crippen molar-refractivity contribution in [3.63, 3.8) is 0 Å². The van der Waals surface area contributed by atoms with Gasteiger partial charge in [0.05, 0.1) is 18.2 Å². The van der Waals surface area contributed by atoms with Crippen molar-refractivity contribution in [2.24, 2.45) is 7.05 Å². The third-order valence-electron chi connectivity index (χ3n) is 2.14. The molecule has 0 atom stereocenters. The summed E-state index contributed by atoms with van der Waals surface area (Å²) in [4.78, 5) is 3.97. The Hall–Kier alpha value is -1.36. The van der Waals surface area contributed by atoms with Crippen molar-refractivity contribution in [2.45, 2.75) is 6.61 Å². The van der Waals surface area contributed by atoms with E-state index in [1.165, 1.54) is 12.1 Å². The van der Waals surface area contributed by atoms with Gasteiger partial charge in [-0.1, -0.05) is 15.9 Å². The number of aryl methyl sites for hydroxylation is 1. The number of nitrogens with zero attached hydrogens (tertiary/aromatic N) is 2. The van der Waals surface area contributed by atoms with Gasteiger partial charge in [0.2, 0.25) is 0 Å². The molecule has 0 aliphatic rings. The molecule has 0 N–H and O–H groups in total. The molecule has 1 aromatic carbocycles. The van der Waals surface area contributed by atoms with E-state index >= 15 is 0 Å². The molecule has 2 aromatic rings. The molecule has 84 valence electrons. The highest BCUT2D eigenvalue weighted by Gasteiger charge is 2.02. The molecule has 0 amide bonds. The zero-order valence-corrected chi connectivity index (χ0v) is 10.2. The van der Waals surface area contributed by atoms with E-state index in [-0.39, 0.29) is 5.82 Å². The van der Waals surface area contributed by atoms with Gasteiger partial charge in [0, 0.05) is 17.6 Å². The summed E-state index contributed by atoms with van der Waals surface area (Å²) in [5.74, 6) is 0.169. The summed E-state index contributed by atoms with van der Waals surface area (Å²) in [7, 11) is 1.88. The first-order chi connectivity index (χ1) is 7.65. The molecule has 0 bridgehead atoms. The molecule has 0 aliphatic heterocycles. The van der Waals surface area contributed by atoms with Crippen molar-refractivity contribution in [1.82, 2.24) is 9.55 Å². The van der Waals surface area contributed by atoms with E-state index in [1.54, 1.807) is 18.6 Å². The molecule has 0 aliphatic carbocycles. The lowest BCUT2D eigenvalue weighted by Crippen LogP contribution is -2.01. The third kappa shape index (κ3) is 2.61. The number of hydrogen-bond acceptors (Lipinski definition) is 2. The minimum absolute atomic E-state index is 0.325. The normalized spacial score (nSPS) is 10.4. The van der Waals surface area contributed by atoms with Crippen molar-refractivity contribution in [3.8, 4) is 5.75 Å². The van der Waals surface area contributed by atoms with Gasteiger partial charge in [-0.25, -0.2) is 9.37 Å². The van der Waals surface area contributed by atoms with Crippen LogP contribution in [-0.4, -0.2) is 9.55 Å². The molecule has 1 aromatic heterocycles. The zero-order chi connectivity index (χ0) is 11.5. The SMILES string of the molecule is Cn1cncc1COc1cc(F)cc(Br)c1. The second-order valence-electron chi connectivity index (χ2n) is 3.39. The molecule has 0 saturated carbocycles. The van der Waals surface area contributed by atoms with Crippen LogP contribution in [0.4, 0.5) is 4.39 Å². The number of halogens is 2. The summed E-state index contributed by atoms with van der Waals surface area (Å²) < 4.78 is 21.0. The smallest absolute Gasteiger partial charge is 0.130 e. The van der Waals surface area contributed by atoms with Gasteiger partial charge in [-0.05, 0) is 12.1 Å². The zero-order valence-electron chi connectivity index (χ0n) is 8.65. The number of benzene rings is 1. The fraction of sp³-hybridized carbons (Fsp3) is 0.182. The van der Waals surface area contributed by atoms with E-state index in [0.717, 1.165) is 5.69 Å². The van der Waals surface area contributed by atoms with E-state index in [0.29, 0.717) is 16.8 Å². The van der Waals surface area contributed by atoms with Gasteiger partial charge < -0.3 is 9.30 Å². The molecule has 3 nitrogen and oxygen atoms in total. The van der Waals surface area contributed by atoms with Crippen LogP contribution in [0.3, 0.4) is 0 Å². The lowest BCUT2D eigenvalue weighted by atomic mass is 10.3. The van der Waals surface area contributed by atoms with E-state index in [2.05, 4.69) is 20.9 Å². The number of aromatic nitrogens is 2. The molecule has 0 fully saturated rings. The molecule has 1 heterocycles. The summed E-state index contributed by atoms with van der Waals surface area (Å²) >= 11 is 3.21. The topological polar surface area (TPSA) is 27.1 Å². The lowest BCUT2D eigenvalue weighted by Gasteiger charge is -2.07. The first-order valence-corrected chi connectivity index (χ1v) is 5.48. The van der Waals surface area contributed by atoms with E-state index in [1.807, 2.05) is 11.6 Å². The van der Waals surface area contributed by atoms with Gasteiger partial charge in [0.1, 0.15) is 18.2 Å². The van der Waals surface area contributed by atoms with Crippen molar-refractivity contribution in [1.29, 1.82) is 0 Å². The fourth-order valence-corrected chi connectivity index (χ4v) is 1.74. The average Bonchev–Trinajstić information content (AvgIpc) is 2.59. The van der Waals surface area contributed by atoms with Crippen LogP contribution in [0, 0.1) is 5.82 Å². The summed E-state index contributed by atoms with van der Waals surface area (Å²) in [6.07, 6.45) is 3.41. The number of hydrogen-bond donors (Lipinski definition) is 0. The summed E-state index contributed by atoms with van der Waals surface area (Å²) in [5, 5.41) is 0. The Bertz CT molecular complexity index is 478. The highest BCUT2D eigenvalue weighted by atomic mass is 79.9. The molecule has 0 radical (unpaired) electrons. The van der Waals surface area contributed by atoms with Crippen LogP contribution in [-0.2, 0) is 13.7 Å². The predicted molar refractivity (Wildman–Crippen MR) is 61.6 cm³/mol. The minimum atomic E-state index is -0.325. The molecule has 16 heavy (non-hydrogen) atoms. The Morgan fingerprint density at radius 3 is 2.88 bits per heavy atom. The third-order valence-corrected chi connectivity index (χ3v) is 2.60. The molecular weight excluding hydrogens is 275 g/mol. The number of ether oxygens (including phenoxy) is 1. The Morgan fingerprint density at radius 2 is 2.25 bits per heavy atom. The van der Waals surface area contributed by atoms with Crippen LogP contribution in [0.15, 0.2) is 35.2 Å². The van der Waals surface area contributed by atoms with Gasteiger partial charge in [-0.2, -0.15) is 0 Å². The van der Waals surface area contributed by atoms with Crippen LogP contribution < -0.4 is 4.74 Å². The lowest BCUT2D eigenvalue weighted by molar-refractivity contribution is 0.295.